The summed E-state index contributed by atoms with van der Waals surface area (Å²) >= 11 is 5.63. The Morgan fingerprint density at radius 3 is 2.38 bits per heavy atom. The number of allylic oxidation sites excluding steroid dienone is 1. The van der Waals surface area contributed by atoms with Gasteiger partial charge in [0, 0.05) is 5.88 Å². The molecule has 0 aliphatic heterocycles. The van der Waals surface area contributed by atoms with Crippen molar-refractivity contribution in [2.24, 2.45) is 0 Å². The van der Waals surface area contributed by atoms with Crippen molar-refractivity contribution < 1.29 is 0 Å². The van der Waals surface area contributed by atoms with Gasteiger partial charge >= 0.3 is 0 Å². The topological polar surface area (TPSA) is 0 Å². The molecule has 1 rings (SSSR count). The molecule has 0 heterocycles. The number of rotatable bonds is 3. The van der Waals surface area contributed by atoms with Crippen molar-refractivity contribution in [3.63, 3.8) is 0 Å². The quantitative estimate of drug-likeness (QED) is 0.532. The molecule has 0 aliphatic carbocycles. The Morgan fingerprint density at radius 1 is 1.23 bits per heavy atom. The summed E-state index contributed by atoms with van der Waals surface area (Å²) in [5.41, 5.74) is 2.29. The number of benzene rings is 1. The molecule has 2 heteroatoms. The zero-order chi connectivity index (χ0) is 9.73. The van der Waals surface area contributed by atoms with Crippen molar-refractivity contribution in [3.05, 3.63) is 42.1 Å². The molecule has 13 heavy (non-hydrogen) atoms. The monoisotopic (exact) mass is 210 g/mol. The highest BCUT2D eigenvalue weighted by Gasteiger charge is 2.18. The largest absolute Gasteiger partial charge is 0.122 e. The van der Waals surface area contributed by atoms with Crippen molar-refractivity contribution in [2.45, 2.75) is 13.1 Å². The van der Waals surface area contributed by atoms with E-state index in [9.17, 15) is 0 Å². The molecule has 0 saturated heterocycles. The predicted octanol–water partition coefficient (Wildman–Crippen LogP) is 2.94. The van der Waals surface area contributed by atoms with Gasteiger partial charge < -0.3 is 0 Å². The minimum absolute atomic E-state index is 0.614. The molecule has 0 fully saturated rings. The summed E-state index contributed by atoms with van der Waals surface area (Å²) in [7, 11) is -1.37. The third-order valence-corrected chi connectivity index (χ3v) is 5.21. The first-order chi connectivity index (χ1) is 6.17. The van der Waals surface area contributed by atoms with Gasteiger partial charge in [-0.3, -0.25) is 0 Å². The fourth-order valence-corrected chi connectivity index (χ4v) is 3.49. The van der Waals surface area contributed by atoms with Gasteiger partial charge in [0.2, 0.25) is 0 Å². The van der Waals surface area contributed by atoms with Crippen molar-refractivity contribution in [3.8, 4) is 0 Å². The van der Waals surface area contributed by atoms with Gasteiger partial charge in [0.1, 0.15) is 8.07 Å². The van der Waals surface area contributed by atoms with Gasteiger partial charge in [-0.1, -0.05) is 60.4 Å². The van der Waals surface area contributed by atoms with Crippen molar-refractivity contribution in [1.82, 2.24) is 0 Å². The Morgan fingerprint density at radius 2 is 1.85 bits per heavy atom. The minimum Gasteiger partial charge on any atom is -0.122 e. The van der Waals surface area contributed by atoms with Crippen LogP contribution in [0.2, 0.25) is 13.1 Å². The van der Waals surface area contributed by atoms with Crippen LogP contribution in [0.3, 0.4) is 0 Å². The molecule has 0 aliphatic rings. The highest BCUT2D eigenvalue weighted by molar-refractivity contribution is 6.93. The van der Waals surface area contributed by atoms with E-state index in [4.69, 9.17) is 11.6 Å². The maximum atomic E-state index is 5.63. The summed E-state index contributed by atoms with van der Waals surface area (Å²) in [5, 5.41) is 1.45. The molecular weight excluding hydrogens is 196 g/mol. The lowest BCUT2D eigenvalue weighted by molar-refractivity contribution is 1.68. The average Bonchev–Trinajstić information content (AvgIpc) is 2.16. The smallest absolute Gasteiger partial charge is 0.103 e. The second-order valence-corrected chi connectivity index (χ2v) is 8.31. The molecule has 70 valence electrons. The fourth-order valence-electron chi connectivity index (χ4n) is 1.30. The molecule has 0 unspecified atom stereocenters. The Balaban J connectivity index is 2.87. The van der Waals surface area contributed by atoms with Gasteiger partial charge in [0.25, 0.3) is 0 Å². The first kappa shape index (κ1) is 10.5. The van der Waals surface area contributed by atoms with E-state index in [0.29, 0.717) is 5.88 Å². The lowest BCUT2D eigenvalue weighted by atomic mass is 10.4. The van der Waals surface area contributed by atoms with E-state index in [2.05, 4.69) is 55.2 Å². The molecule has 0 spiro atoms. The van der Waals surface area contributed by atoms with Gasteiger partial charge in [-0.05, 0) is 0 Å². The van der Waals surface area contributed by atoms with Crippen LogP contribution < -0.4 is 5.19 Å². The molecule has 0 saturated carbocycles. The third-order valence-electron chi connectivity index (χ3n) is 2.14. The Labute approximate surface area is 86.3 Å². The zero-order valence-corrected chi connectivity index (χ0v) is 9.88. The fraction of sp³-hybridized carbons (Fsp3) is 0.273. The molecular formula is C11H15ClSi. The van der Waals surface area contributed by atoms with E-state index in [1.807, 2.05) is 0 Å². The summed E-state index contributed by atoms with van der Waals surface area (Å²) in [6.07, 6.45) is 2.06. The third kappa shape index (κ3) is 3.01. The van der Waals surface area contributed by atoms with Crippen LogP contribution in [0.1, 0.15) is 0 Å². The van der Waals surface area contributed by atoms with E-state index < -0.39 is 8.07 Å². The van der Waals surface area contributed by atoms with Crippen LogP contribution in [0.4, 0.5) is 0 Å². The molecule has 0 aromatic heterocycles. The van der Waals surface area contributed by atoms with Gasteiger partial charge in [0.05, 0.1) is 0 Å². The van der Waals surface area contributed by atoms with Crippen LogP contribution in [0.5, 0.6) is 0 Å². The van der Waals surface area contributed by atoms with Crippen molar-refractivity contribution in [2.75, 3.05) is 5.88 Å². The van der Waals surface area contributed by atoms with Gasteiger partial charge in [-0.2, -0.15) is 0 Å². The van der Waals surface area contributed by atoms with Crippen LogP contribution >= 0.6 is 11.6 Å². The Hall–Kier alpha value is -0.533. The molecule has 0 atom stereocenters. The average molecular weight is 211 g/mol. The minimum atomic E-state index is -1.37. The molecule has 1 aromatic carbocycles. The molecule has 0 radical (unpaired) electrons. The highest BCUT2D eigenvalue weighted by Crippen LogP contribution is 2.04. The molecule has 1 aromatic rings. The summed E-state index contributed by atoms with van der Waals surface area (Å²) in [6, 6.07) is 10.6. The highest BCUT2D eigenvalue weighted by atomic mass is 35.5. The number of hydrogen-bond acceptors (Lipinski definition) is 0. The Kier molecular flexibility index (Phi) is 3.76. The number of halogens is 1. The summed E-state index contributed by atoms with van der Waals surface area (Å²) in [4.78, 5) is 0. The van der Waals surface area contributed by atoms with Crippen LogP contribution in [0, 0.1) is 0 Å². The second kappa shape index (κ2) is 4.63. The second-order valence-electron chi connectivity index (χ2n) is 3.64. The predicted molar refractivity (Wildman–Crippen MR) is 63.4 cm³/mol. The van der Waals surface area contributed by atoms with Crippen LogP contribution in [-0.4, -0.2) is 14.0 Å². The van der Waals surface area contributed by atoms with E-state index in [0.717, 1.165) is 0 Å². The number of alkyl halides is 1. The molecule has 0 bridgehead atoms. The maximum Gasteiger partial charge on any atom is 0.103 e. The van der Waals surface area contributed by atoms with Crippen LogP contribution in [0.15, 0.2) is 42.1 Å². The summed E-state index contributed by atoms with van der Waals surface area (Å²) in [5.74, 6) is 0.614. The lowest BCUT2D eigenvalue weighted by Gasteiger charge is -2.17. The van der Waals surface area contributed by atoms with Gasteiger partial charge in [-0.25, -0.2) is 0 Å². The first-order valence-electron chi connectivity index (χ1n) is 4.46. The summed E-state index contributed by atoms with van der Waals surface area (Å²) in [6.45, 7) is 4.65. The summed E-state index contributed by atoms with van der Waals surface area (Å²) < 4.78 is 0. The van der Waals surface area contributed by atoms with E-state index in [1.54, 1.807) is 0 Å². The van der Waals surface area contributed by atoms with Gasteiger partial charge in [0.15, 0.2) is 0 Å². The number of hydrogen-bond donors (Lipinski definition) is 0. The van der Waals surface area contributed by atoms with E-state index >= 15 is 0 Å². The standard InChI is InChI=1S/C11H15ClSi/c1-13(2,10-6-9-12)11-7-4-3-5-8-11/h3-8,10H,9H2,1-2H3/b10-6-. The van der Waals surface area contributed by atoms with Crippen molar-refractivity contribution >= 4 is 24.9 Å². The van der Waals surface area contributed by atoms with Gasteiger partial charge in [-0.15, -0.1) is 11.6 Å². The Bertz CT molecular complexity index is 277. The first-order valence-corrected chi connectivity index (χ1v) is 8.07. The lowest BCUT2D eigenvalue weighted by Crippen LogP contribution is -2.39. The zero-order valence-electron chi connectivity index (χ0n) is 8.13. The van der Waals surface area contributed by atoms with E-state index in [1.165, 1.54) is 5.19 Å². The SMILES string of the molecule is C[Si](C)(/C=C\CCl)c1ccccc1. The molecule has 0 nitrogen and oxygen atoms in total. The van der Waals surface area contributed by atoms with Crippen LogP contribution in [0.25, 0.3) is 0 Å². The van der Waals surface area contributed by atoms with Crippen LogP contribution in [-0.2, 0) is 0 Å². The maximum absolute atomic E-state index is 5.63. The molecule has 0 amide bonds. The molecule has 0 N–H and O–H groups in total. The van der Waals surface area contributed by atoms with E-state index in [-0.39, 0.29) is 0 Å². The normalized spacial score (nSPS) is 12.2. The van der Waals surface area contributed by atoms with Crippen molar-refractivity contribution in [1.29, 1.82) is 0 Å².